The molecule has 2 N–H and O–H groups in total. The van der Waals surface area contributed by atoms with Crippen LogP contribution in [0.2, 0.25) is 5.02 Å². The number of nitrogens with zero attached hydrogens (tertiary/aromatic N) is 2. The van der Waals surface area contributed by atoms with E-state index in [1.807, 2.05) is 33.0 Å². The van der Waals surface area contributed by atoms with Gasteiger partial charge in [0.05, 0.1) is 5.69 Å². The fraction of sp³-hybridized carbons (Fsp3) is 0.308. The first kappa shape index (κ1) is 12.8. The van der Waals surface area contributed by atoms with Gasteiger partial charge in [0.1, 0.15) is 11.4 Å². The SMILES string of the molecule is CCc1nn(C)c(Oc2ccc(Cl)c(C)c2)c1N. The maximum absolute atomic E-state index is 6.00. The van der Waals surface area contributed by atoms with Crippen molar-refractivity contribution in [3.63, 3.8) is 0 Å². The number of halogens is 1. The Morgan fingerprint density at radius 2 is 2.17 bits per heavy atom. The summed E-state index contributed by atoms with van der Waals surface area (Å²) in [7, 11) is 1.81. The van der Waals surface area contributed by atoms with Crippen molar-refractivity contribution in [2.75, 3.05) is 5.73 Å². The summed E-state index contributed by atoms with van der Waals surface area (Å²) in [6, 6.07) is 5.49. The van der Waals surface area contributed by atoms with Gasteiger partial charge in [-0.3, -0.25) is 0 Å². The molecule has 18 heavy (non-hydrogen) atoms. The maximum Gasteiger partial charge on any atom is 0.241 e. The molecule has 1 aromatic heterocycles. The minimum atomic E-state index is 0.563. The zero-order chi connectivity index (χ0) is 13.3. The van der Waals surface area contributed by atoms with Crippen molar-refractivity contribution in [2.45, 2.75) is 20.3 Å². The minimum absolute atomic E-state index is 0.563. The van der Waals surface area contributed by atoms with Gasteiger partial charge in [0.25, 0.3) is 0 Å². The molecule has 0 aliphatic carbocycles. The second-order valence-electron chi connectivity index (χ2n) is 4.16. The maximum atomic E-state index is 6.00. The Hall–Kier alpha value is -1.68. The molecule has 0 atom stereocenters. The van der Waals surface area contributed by atoms with E-state index in [0.717, 1.165) is 22.7 Å². The predicted molar refractivity (Wildman–Crippen MR) is 73.3 cm³/mol. The lowest BCUT2D eigenvalue weighted by Crippen LogP contribution is -1.97. The summed E-state index contributed by atoms with van der Waals surface area (Å²) in [5, 5.41) is 5.02. The number of rotatable bonds is 3. The van der Waals surface area contributed by atoms with Gasteiger partial charge in [-0.2, -0.15) is 5.10 Å². The number of nitrogens with two attached hydrogens (primary N) is 1. The van der Waals surface area contributed by atoms with Crippen LogP contribution < -0.4 is 10.5 Å². The summed E-state index contributed by atoms with van der Waals surface area (Å²) in [5.74, 6) is 1.27. The molecule has 0 radical (unpaired) electrons. The second kappa shape index (κ2) is 4.90. The average Bonchev–Trinajstić information content (AvgIpc) is 2.61. The van der Waals surface area contributed by atoms with Gasteiger partial charge >= 0.3 is 0 Å². The fourth-order valence-electron chi connectivity index (χ4n) is 1.75. The molecule has 2 aromatic rings. The quantitative estimate of drug-likeness (QED) is 0.926. The van der Waals surface area contributed by atoms with Crippen LogP contribution in [0.3, 0.4) is 0 Å². The van der Waals surface area contributed by atoms with E-state index in [0.29, 0.717) is 17.3 Å². The average molecular weight is 266 g/mol. The monoisotopic (exact) mass is 265 g/mol. The van der Waals surface area contributed by atoms with Crippen LogP contribution in [-0.2, 0) is 13.5 Å². The molecule has 1 heterocycles. The van der Waals surface area contributed by atoms with Gasteiger partial charge in [0, 0.05) is 12.1 Å². The zero-order valence-corrected chi connectivity index (χ0v) is 11.5. The second-order valence-corrected chi connectivity index (χ2v) is 4.56. The highest BCUT2D eigenvalue weighted by Crippen LogP contribution is 2.31. The molecule has 0 saturated carbocycles. The third-order valence-corrected chi connectivity index (χ3v) is 3.21. The third kappa shape index (κ3) is 2.29. The molecule has 2 rings (SSSR count). The first-order chi connectivity index (χ1) is 8.52. The normalized spacial score (nSPS) is 10.7. The van der Waals surface area contributed by atoms with E-state index in [4.69, 9.17) is 22.1 Å². The number of hydrogen-bond acceptors (Lipinski definition) is 3. The Kier molecular flexibility index (Phi) is 3.48. The molecule has 5 heteroatoms. The first-order valence-electron chi connectivity index (χ1n) is 5.78. The molecular formula is C13H16ClN3O. The summed E-state index contributed by atoms with van der Waals surface area (Å²) < 4.78 is 7.43. The number of benzene rings is 1. The zero-order valence-electron chi connectivity index (χ0n) is 10.7. The lowest BCUT2D eigenvalue weighted by atomic mass is 10.2. The molecule has 0 aliphatic heterocycles. The molecule has 0 saturated heterocycles. The molecule has 0 bridgehead atoms. The van der Waals surface area contributed by atoms with E-state index in [-0.39, 0.29) is 0 Å². The van der Waals surface area contributed by atoms with Crippen LogP contribution in [0.1, 0.15) is 18.2 Å². The van der Waals surface area contributed by atoms with Gasteiger partial charge in [-0.25, -0.2) is 4.68 Å². The molecule has 96 valence electrons. The summed E-state index contributed by atoms with van der Waals surface area (Å²) >= 11 is 5.97. The van der Waals surface area contributed by atoms with Gasteiger partial charge in [-0.05, 0) is 37.1 Å². The van der Waals surface area contributed by atoms with E-state index in [2.05, 4.69) is 5.10 Å². The van der Waals surface area contributed by atoms with Crippen LogP contribution in [0.5, 0.6) is 11.6 Å². The van der Waals surface area contributed by atoms with Gasteiger partial charge < -0.3 is 10.5 Å². The van der Waals surface area contributed by atoms with Gasteiger partial charge in [0.2, 0.25) is 5.88 Å². The van der Waals surface area contributed by atoms with Crippen molar-refractivity contribution in [1.29, 1.82) is 0 Å². The number of ether oxygens (including phenoxy) is 1. The van der Waals surface area contributed by atoms with E-state index in [1.54, 1.807) is 10.7 Å². The van der Waals surface area contributed by atoms with Gasteiger partial charge in [0.15, 0.2) is 0 Å². The van der Waals surface area contributed by atoms with Gasteiger partial charge in [-0.15, -0.1) is 0 Å². The minimum Gasteiger partial charge on any atom is -0.437 e. The first-order valence-corrected chi connectivity index (χ1v) is 6.16. The number of hydrogen-bond donors (Lipinski definition) is 1. The van der Waals surface area contributed by atoms with Crippen molar-refractivity contribution >= 4 is 17.3 Å². The molecule has 0 amide bonds. The summed E-state index contributed by atoms with van der Waals surface area (Å²) in [6.07, 6.45) is 0.780. The Bertz CT molecular complexity index is 578. The largest absolute Gasteiger partial charge is 0.437 e. The standard InChI is InChI=1S/C13H16ClN3O/c1-4-11-12(15)13(17(3)16-11)18-9-5-6-10(14)8(2)7-9/h5-7H,4,15H2,1-3H3. The van der Waals surface area contributed by atoms with E-state index < -0.39 is 0 Å². The van der Waals surface area contributed by atoms with E-state index >= 15 is 0 Å². The number of aromatic nitrogens is 2. The molecule has 4 nitrogen and oxygen atoms in total. The molecule has 0 aliphatic rings. The summed E-state index contributed by atoms with van der Waals surface area (Å²) in [6.45, 7) is 3.94. The summed E-state index contributed by atoms with van der Waals surface area (Å²) in [5.41, 5.74) is 8.40. The molecule has 1 aromatic carbocycles. The lowest BCUT2D eigenvalue weighted by Gasteiger charge is -2.08. The van der Waals surface area contributed by atoms with Crippen LogP contribution in [0.15, 0.2) is 18.2 Å². The topological polar surface area (TPSA) is 53.1 Å². The Morgan fingerprint density at radius 1 is 1.44 bits per heavy atom. The van der Waals surface area contributed by atoms with Crippen molar-refractivity contribution in [1.82, 2.24) is 9.78 Å². The predicted octanol–water partition coefficient (Wildman–Crippen LogP) is 3.32. The summed E-state index contributed by atoms with van der Waals surface area (Å²) in [4.78, 5) is 0. The van der Waals surface area contributed by atoms with Crippen molar-refractivity contribution < 1.29 is 4.74 Å². The Morgan fingerprint density at radius 3 is 2.72 bits per heavy atom. The highest BCUT2D eigenvalue weighted by Gasteiger charge is 2.14. The fourth-order valence-corrected chi connectivity index (χ4v) is 1.87. The van der Waals surface area contributed by atoms with E-state index in [9.17, 15) is 0 Å². The highest BCUT2D eigenvalue weighted by molar-refractivity contribution is 6.31. The van der Waals surface area contributed by atoms with Crippen molar-refractivity contribution in [3.05, 3.63) is 34.5 Å². The van der Waals surface area contributed by atoms with Crippen molar-refractivity contribution in [3.8, 4) is 11.6 Å². The highest BCUT2D eigenvalue weighted by atomic mass is 35.5. The molecule has 0 fully saturated rings. The van der Waals surface area contributed by atoms with Crippen LogP contribution in [0.4, 0.5) is 5.69 Å². The molecule has 0 unspecified atom stereocenters. The number of anilines is 1. The molecular weight excluding hydrogens is 250 g/mol. The van der Waals surface area contributed by atoms with Crippen LogP contribution >= 0.6 is 11.6 Å². The number of nitrogen functional groups attached to an aromatic ring is 1. The lowest BCUT2D eigenvalue weighted by molar-refractivity contribution is 0.432. The Balaban J connectivity index is 2.33. The smallest absolute Gasteiger partial charge is 0.241 e. The number of aryl methyl sites for hydroxylation is 3. The third-order valence-electron chi connectivity index (χ3n) is 2.78. The van der Waals surface area contributed by atoms with Crippen LogP contribution in [0, 0.1) is 6.92 Å². The van der Waals surface area contributed by atoms with Crippen molar-refractivity contribution in [2.24, 2.45) is 7.05 Å². The van der Waals surface area contributed by atoms with Crippen LogP contribution in [-0.4, -0.2) is 9.78 Å². The molecule has 0 spiro atoms. The van der Waals surface area contributed by atoms with Crippen LogP contribution in [0.25, 0.3) is 0 Å². The van der Waals surface area contributed by atoms with Gasteiger partial charge in [-0.1, -0.05) is 18.5 Å². The Labute approximate surface area is 111 Å². The van der Waals surface area contributed by atoms with E-state index in [1.165, 1.54) is 0 Å².